The van der Waals surface area contributed by atoms with Crippen molar-refractivity contribution in [2.24, 2.45) is 4.99 Å². The monoisotopic (exact) mass is 539 g/mol. The summed E-state index contributed by atoms with van der Waals surface area (Å²) in [7, 11) is 1.76. The second-order valence-corrected chi connectivity index (χ2v) is 8.28. The van der Waals surface area contributed by atoms with Gasteiger partial charge in [0, 0.05) is 37.5 Å². The van der Waals surface area contributed by atoms with E-state index in [2.05, 4.69) is 40.7 Å². The lowest BCUT2D eigenvalue weighted by molar-refractivity contribution is 0.140. The van der Waals surface area contributed by atoms with Crippen LogP contribution in [0.15, 0.2) is 47.5 Å². The molecule has 7 heteroatoms. The molecule has 168 valence electrons. The van der Waals surface area contributed by atoms with E-state index in [-0.39, 0.29) is 41.3 Å². The van der Waals surface area contributed by atoms with Crippen LogP contribution in [0, 0.1) is 12.7 Å². The van der Waals surface area contributed by atoms with Crippen molar-refractivity contribution in [1.82, 2.24) is 10.6 Å². The molecule has 1 saturated carbocycles. The fourth-order valence-corrected chi connectivity index (χ4v) is 3.89. The Morgan fingerprint density at radius 1 is 1.23 bits per heavy atom. The van der Waals surface area contributed by atoms with Gasteiger partial charge >= 0.3 is 0 Å². The first-order valence-electron chi connectivity index (χ1n) is 10.6. The molecule has 1 aliphatic carbocycles. The Morgan fingerprint density at radius 3 is 2.74 bits per heavy atom. The van der Waals surface area contributed by atoms with Gasteiger partial charge in [0.05, 0.1) is 13.2 Å². The molecule has 1 unspecified atom stereocenters. The molecule has 0 aromatic heterocycles. The van der Waals surface area contributed by atoms with Gasteiger partial charge in [-0.05, 0) is 49.1 Å². The molecule has 31 heavy (non-hydrogen) atoms. The van der Waals surface area contributed by atoms with Gasteiger partial charge in [-0.2, -0.15) is 0 Å². The molecule has 2 N–H and O–H groups in total. The number of benzene rings is 2. The van der Waals surface area contributed by atoms with E-state index >= 15 is 0 Å². The highest BCUT2D eigenvalue weighted by Gasteiger charge is 2.44. The third kappa shape index (κ3) is 6.10. The number of halogens is 2. The first-order chi connectivity index (χ1) is 14.6. The van der Waals surface area contributed by atoms with E-state index in [1.807, 2.05) is 6.07 Å². The SMILES string of the molecule is CN=C(NCc1ccc(C)cc1OC1CCOC1)NCC1(c2cccc(F)c2)CC1.I. The number of guanidine groups is 1. The lowest BCUT2D eigenvalue weighted by Crippen LogP contribution is -2.41. The number of ether oxygens (including phenoxy) is 2. The van der Waals surface area contributed by atoms with Gasteiger partial charge in [0.15, 0.2) is 5.96 Å². The van der Waals surface area contributed by atoms with Crippen LogP contribution in [-0.4, -0.2) is 38.9 Å². The topological polar surface area (TPSA) is 54.9 Å². The molecule has 0 radical (unpaired) electrons. The summed E-state index contributed by atoms with van der Waals surface area (Å²) < 4.78 is 25.3. The lowest BCUT2D eigenvalue weighted by atomic mass is 9.96. The van der Waals surface area contributed by atoms with E-state index in [1.165, 1.54) is 11.6 Å². The first kappa shape index (κ1) is 23.8. The zero-order valence-electron chi connectivity index (χ0n) is 18.1. The van der Waals surface area contributed by atoms with Crippen molar-refractivity contribution < 1.29 is 13.9 Å². The normalized spacial score (nSPS) is 19.5. The molecule has 0 bridgehead atoms. The smallest absolute Gasteiger partial charge is 0.191 e. The van der Waals surface area contributed by atoms with Crippen molar-refractivity contribution in [3.8, 4) is 5.75 Å². The van der Waals surface area contributed by atoms with Gasteiger partial charge in [-0.1, -0.05) is 24.3 Å². The summed E-state index contributed by atoms with van der Waals surface area (Å²) in [5.74, 6) is 1.45. The molecule has 2 aromatic rings. The molecule has 1 atom stereocenters. The largest absolute Gasteiger partial charge is 0.488 e. The molecule has 2 aromatic carbocycles. The molecule has 0 amide bonds. The van der Waals surface area contributed by atoms with E-state index in [1.54, 1.807) is 19.2 Å². The van der Waals surface area contributed by atoms with Crippen LogP contribution in [-0.2, 0) is 16.7 Å². The Morgan fingerprint density at radius 2 is 2.06 bits per heavy atom. The quantitative estimate of drug-likeness (QED) is 0.313. The van der Waals surface area contributed by atoms with Crippen LogP contribution in [0.3, 0.4) is 0 Å². The van der Waals surface area contributed by atoms with Crippen LogP contribution in [0.2, 0.25) is 0 Å². The van der Waals surface area contributed by atoms with Crippen molar-refractivity contribution in [2.75, 3.05) is 26.8 Å². The van der Waals surface area contributed by atoms with Crippen molar-refractivity contribution in [3.05, 3.63) is 65.0 Å². The maximum Gasteiger partial charge on any atom is 0.191 e. The van der Waals surface area contributed by atoms with E-state index in [0.29, 0.717) is 13.2 Å². The summed E-state index contributed by atoms with van der Waals surface area (Å²) in [5.41, 5.74) is 3.31. The summed E-state index contributed by atoms with van der Waals surface area (Å²) in [6.45, 7) is 4.81. The van der Waals surface area contributed by atoms with Crippen LogP contribution in [0.1, 0.15) is 36.0 Å². The number of rotatable bonds is 7. The highest BCUT2D eigenvalue weighted by Crippen LogP contribution is 2.47. The molecule has 0 spiro atoms. The first-order valence-corrected chi connectivity index (χ1v) is 10.6. The standard InChI is InChI=1S/C24H30FN3O2.HI/c1-17-6-7-18(22(12-17)30-21-8-11-29-15-21)14-27-23(26-2)28-16-24(9-10-24)19-4-3-5-20(25)13-19;/h3-7,12-13,21H,8-11,14-16H2,1-2H3,(H2,26,27,28);1H. The van der Waals surface area contributed by atoms with E-state index in [0.717, 1.165) is 55.3 Å². The molecule has 5 nitrogen and oxygen atoms in total. The van der Waals surface area contributed by atoms with Crippen LogP contribution >= 0.6 is 24.0 Å². The molecule has 4 rings (SSSR count). The van der Waals surface area contributed by atoms with E-state index in [4.69, 9.17) is 9.47 Å². The highest BCUT2D eigenvalue weighted by atomic mass is 127. The van der Waals surface area contributed by atoms with Crippen molar-refractivity contribution in [2.45, 2.75) is 44.2 Å². The Bertz CT molecular complexity index is 911. The van der Waals surface area contributed by atoms with E-state index < -0.39 is 0 Å². The summed E-state index contributed by atoms with van der Waals surface area (Å²) in [4.78, 5) is 4.36. The minimum atomic E-state index is -0.180. The van der Waals surface area contributed by atoms with Crippen molar-refractivity contribution in [3.63, 3.8) is 0 Å². The molecule has 2 fully saturated rings. The molecule has 2 aliphatic rings. The third-order valence-corrected chi connectivity index (χ3v) is 5.96. The van der Waals surface area contributed by atoms with Crippen molar-refractivity contribution in [1.29, 1.82) is 0 Å². The predicted octanol–water partition coefficient (Wildman–Crippen LogP) is 4.32. The molecule has 1 aliphatic heterocycles. The van der Waals surface area contributed by atoms with Gasteiger partial charge in [-0.25, -0.2) is 4.39 Å². The average Bonchev–Trinajstić information content (AvgIpc) is 3.37. The Hall–Kier alpha value is -1.87. The van der Waals surface area contributed by atoms with Crippen LogP contribution in [0.5, 0.6) is 5.75 Å². The minimum absolute atomic E-state index is 0. The van der Waals surface area contributed by atoms with Crippen LogP contribution in [0.4, 0.5) is 4.39 Å². The second-order valence-electron chi connectivity index (χ2n) is 8.28. The number of hydrogen-bond acceptors (Lipinski definition) is 3. The molecule has 1 heterocycles. The lowest BCUT2D eigenvalue weighted by Gasteiger charge is -2.20. The Kier molecular flexibility index (Phi) is 8.16. The van der Waals surface area contributed by atoms with Gasteiger partial charge < -0.3 is 20.1 Å². The highest BCUT2D eigenvalue weighted by molar-refractivity contribution is 14.0. The number of nitrogens with zero attached hydrogens (tertiary/aromatic N) is 1. The minimum Gasteiger partial charge on any atom is -0.488 e. The average molecular weight is 539 g/mol. The summed E-state index contributed by atoms with van der Waals surface area (Å²) in [6.07, 6.45) is 3.15. The van der Waals surface area contributed by atoms with Crippen LogP contribution in [0.25, 0.3) is 0 Å². The number of nitrogens with one attached hydrogen (secondary N) is 2. The molecule has 1 saturated heterocycles. The van der Waals surface area contributed by atoms with Crippen molar-refractivity contribution >= 4 is 29.9 Å². The summed E-state index contributed by atoms with van der Waals surface area (Å²) in [6, 6.07) is 13.2. The maximum absolute atomic E-state index is 13.6. The van der Waals surface area contributed by atoms with Gasteiger partial charge in [0.1, 0.15) is 17.7 Å². The van der Waals surface area contributed by atoms with Gasteiger partial charge in [-0.15, -0.1) is 24.0 Å². The summed E-state index contributed by atoms with van der Waals surface area (Å²) >= 11 is 0. The number of aliphatic imine (C=N–C) groups is 1. The molecular formula is C24H31FIN3O2. The Labute approximate surface area is 200 Å². The third-order valence-electron chi connectivity index (χ3n) is 5.96. The Balaban J connectivity index is 0.00000272. The molecular weight excluding hydrogens is 508 g/mol. The fraction of sp³-hybridized carbons (Fsp3) is 0.458. The van der Waals surface area contributed by atoms with E-state index in [9.17, 15) is 4.39 Å². The van der Waals surface area contributed by atoms with Crippen LogP contribution < -0.4 is 15.4 Å². The number of hydrogen-bond donors (Lipinski definition) is 2. The van der Waals surface area contributed by atoms with Gasteiger partial charge in [-0.3, -0.25) is 4.99 Å². The summed E-state index contributed by atoms with van der Waals surface area (Å²) in [5, 5.41) is 6.81. The predicted molar refractivity (Wildman–Crippen MR) is 132 cm³/mol. The second kappa shape index (κ2) is 10.6. The number of aryl methyl sites for hydroxylation is 1. The maximum atomic E-state index is 13.6. The zero-order valence-corrected chi connectivity index (χ0v) is 20.4. The fourth-order valence-electron chi connectivity index (χ4n) is 3.89. The van der Waals surface area contributed by atoms with Gasteiger partial charge in [0.2, 0.25) is 0 Å². The zero-order chi connectivity index (χ0) is 21.0. The van der Waals surface area contributed by atoms with Gasteiger partial charge in [0.25, 0.3) is 0 Å².